The number of benzene rings is 1. The Morgan fingerprint density at radius 1 is 1.24 bits per heavy atom. The van der Waals surface area contributed by atoms with E-state index in [4.69, 9.17) is 11.6 Å². The van der Waals surface area contributed by atoms with Crippen LogP contribution in [0.25, 0.3) is 0 Å². The Labute approximate surface area is 105 Å². The first-order valence-corrected chi connectivity index (χ1v) is 6.44. The summed E-state index contributed by atoms with van der Waals surface area (Å²) in [5.74, 6) is 0.565. The van der Waals surface area contributed by atoms with Gasteiger partial charge in [-0.1, -0.05) is 0 Å². The van der Waals surface area contributed by atoms with E-state index in [9.17, 15) is 8.78 Å². The Balaban J connectivity index is 1.95. The molecule has 1 aromatic rings. The second-order valence-corrected chi connectivity index (χ2v) is 4.92. The molecule has 0 saturated carbocycles. The van der Waals surface area contributed by atoms with E-state index in [1.807, 2.05) is 0 Å². The van der Waals surface area contributed by atoms with Crippen LogP contribution in [0.3, 0.4) is 0 Å². The van der Waals surface area contributed by atoms with Crippen molar-refractivity contribution in [3.63, 3.8) is 0 Å². The predicted octanol–water partition coefficient (Wildman–Crippen LogP) is 3.42. The van der Waals surface area contributed by atoms with Crippen LogP contribution in [0.15, 0.2) is 18.2 Å². The third kappa shape index (κ3) is 3.39. The van der Waals surface area contributed by atoms with Crippen LogP contribution >= 0.6 is 11.6 Å². The van der Waals surface area contributed by atoms with E-state index in [1.54, 1.807) is 0 Å². The highest BCUT2D eigenvalue weighted by molar-refractivity contribution is 6.18. The molecule has 0 aliphatic carbocycles. The molecule has 1 fully saturated rings. The molecule has 1 nitrogen and oxygen atoms in total. The Morgan fingerprint density at radius 3 is 2.59 bits per heavy atom. The minimum absolute atomic E-state index is 0.328. The van der Waals surface area contributed by atoms with Gasteiger partial charge in [0.05, 0.1) is 0 Å². The van der Waals surface area contributed by atoms with Gasteiger partial charge in [0.25, 0.3) is 0 Å². The van der Waals surface area contributed by atoms with E-state index >= 15 is 0 Å². The zero-order chi connectivity index (χ0) is 12.3. The predicted molar refractivity (Wildman–Crippen MR) is 65.1 cm³/mol. The second kappa shape index (κ2) is 5.78. The lowest BCUT2D eigenvalue weighted by molar-refractivity contribution is 0.184. The molecule has 0 atom stereocenters. The van der Waals surface area contributed by atoms with E-state index in [-0.39, 0.29) is 11.6 Å². The molecule has 17 heavy (non-hydrogen) atoms. The molecule has 1 aliphatic heterocycles. The number of likely N-dealkylation sites (tertiary alicyclic amines) is 1. The number of piperidine rings is 1. The van der Waals surface area contributed by atoms with Crippen molar-refractivity contribution in [3.05, 3.63) is 35.4 Å². The van der Waals surface area contributed by atoms with E-state index in [1.165, 1.54) is 12.1 Å². The van der Waals surface area contributed by atoms with Crippen molar-refractivity contribution in [2.75, 3.05) is 19.0 Å². The quantitative estimate of drug-likeness (QED) is 0.752. The van der Waals surface area contributed by atoms with Crippen LogP contribution in [0, 0.1) is 17.6 Å². The average molecular weight is 260 g/mol. The molecule has 1 heterocycles. The molecule has 1 saturated heterocycles. The van der Waals surface area contributed by atoms with Crippen molar-refractivity contribution >= 4 is 11.6 Å². The zero-order valence-corrected chi connectivity index (χ0v) is 10.4. The van der Waals surface area contributed by atoms with Gasteiger partial charge >= 0.3 is 0 Å². The zero-order valence-electron chi connectivity index (χ0n) is 9.63. The maximum atomic E-state index is 13.5. The lowest BCUT2D eigenvalue weighted by atomic mass is 9.98. The molecular formula is C13H16ClF2N. The molecule has 0 unspecified atom stereocenters. The van der Waals surface area contributed by atoms with Gasteiger partial charge in [-0.05, 0) is 50.0 Å². The van der Waals surface area contributed by atoms with Crippen LogP contribution in [-0.2, 0) is 6.54 Å². The van der Waals surface area contributed by atoms with Gasteiger partial charge < -0.3 is 0 Å². The number of nitrogens with zero attached hydrogens (tertiary/aromatic N) is 1. The van der Waals surface area contributed by atoms with Gasteiger partial charge in [0.1, 0.15) is 11.6 Å². The maximum Gasteiger partial charge on any atom is 0.127 e. The monoisotopic (exact) mass is 259 g/mol. The highest BCUT2D eigenvalue weighted by atomic mass is 35.5. The summed E-state index contributed by atoms with van der Waals surface area (Å²) < 4.78 is 26.5. The van der Waals surface area contributed by atoms with E-state index in [2.05, 4.69) is 4.90 Å². The first kappa shape index (κ1) is 12.8. The third-order valence-corrected chi connectivity index (χ3v) is 3.76. The molecule has 1 aliphatic rings. The van der Waals surface area contributed by atoms with Crippen molar-refractivity contribution < 1.29 is 8.78 Å². The van der Waals surface area contributed by atoms with Crippen molar-refractivity contribution in [2.24, 2.45) is 5.92 Å². The summed E-state index contributed by atoms with van der Waals surface area (Å²) in [7, 11) is 0. The second-order valence-electron chi connectivity index (χ2n) is 4.61. The summed E-state index contributed by atoms with van der Waals surface area (Å²) in [6.45, 7) is 2.30. The minimum atomic E-state index is -0.378. The lowest BCUT2D eigenvalue weighted by Gasteiger charge is -2.31. The molecule has 94 valence electrons. The first-order chi connectivity index (χ1) is 8.19. The fraction of sp³-hybridized carbons (Fsp3) is 0.538. The van der Waals surface area contributed by atoms with Crippen LogP contribution in [0.4, 0.5) is 8.78 Å². The van der Waals surface area contributed by atoms with E-state index in [0.29, 0.717) is 23.9 Å². The number of hydrogen-bond donors (Lipinski definition) is 0. The minimum Gasteiger partial charge on any atom is -0.299 e. The molecular weight excluding hydrogens is 244 g/mol. The topological polar surface area (TPSA) is 3.24 Å². The summed E-state index contributed by atoms with van der Waals surface area (Å²) in [5.41, 5.74) is 0.439. The van der Waals surface area contributed by atoms with Crippen LogP contribution in [0.2, 0.25) is 0 Å². The molecule has 0 spiro atoms. The highest BCUT2D eigenvalue weighted by Crippen LogP contribution is 2.21. The van der Waals surface area contributed by atoms with Crippen molar-refractivity contribution in [1.82, 2.24) is 4.90 Å². The smallest absolute Gasteiger partial charge is 0.127 e. The summed E-state index contributed by atoms with van der Waals surface area (Å²) in [6.07, 6.45) is 2.08. The molecule has 0 bridgehead atoms. The standard InChI is InChI=1S/C13H16ClF2N/c14-8-10-3-5-17(6-4-10)9-11-7-12(15)1-2-13(11)16/h1-2,7,10H,3-6,8-9H2. The normalized spacial score (nSPS) is 18.5. The Bertz CT molecular complexity index is 376. The Hall–Kier alpha value is -0.670. The van der Waals surface area contributed by atoms with Crippen molar-refractivity contribution in [3.8, 4) is 0 Å². The van der Waals surface area contributed by atoms with Crippen LogP contribution < -0.4 is 0 Å². The molecule has 2 rings (SSSR count). The van der Waals surface area contributed by atoms with Gasteiger partial charge in [0, 0.05) is 18.0 Å². The molecule has 0 radical (unpaired) electrons. The Morgan fingerprint density at radius 2 is 1.94 bits per heavy atom. The van der Waals surface area contributed by atoms with Crippen molar-refractivity contribution in [2.45, 2.75) is 19.4 Å². The van der Waals surface area contributed by atoms with Gasteiger partial charge in [-0.15, -0.1) is 11.6 Å². The van der Waals surface area contributed by atoms with Crippen LogP contribution in [0.1, 0.15) is 18.4 Å². The molecule has 0 N–H and O–H groups in total. The molecule has 4 heteroatoms. The molecule has 0 amide bonds. The van der Waals surface area contributed by atoms with Gasteiger partial charge in [-0.2, -0.15) is 0 Å². The van der Waals surface area contributed by atoms with Crippen LogP contribution in [-0.4, -0.2) is 23.9 Å². The number of alkyl halides is 1. The summed E-state index contributed by atoms with van der Waals surface area (Å²) in [6, 6.07) is 3.62. The maximum absolute atomic E-state index is 13.5. The van der Waals surface area contributed by atoms with Gasteiger partial charge in [0.15, 0.2) is 0 Å². The fourth-order valence-corrected chi connectivity index (χ4v) is 2.51. The molecule has 1 aromatic carbocycles. The summed E-state index contributed by atoms with van der Waals surface area (Å²) in [5, 5.41) is 0. The Kier molecular flexibility index (Phi) is 4.35. The fourth-order valence-electron chi connectivity index (χ4n) is 2.20. The van der Waals surface area contributed by atoms with Crippen LogP contribution in [0.5, 0.6) is 0 Å². The SMILES string of the molecule is Fc1ccc(F)c(CN2CCC(CCl)CC2)c1. The van der Waals surface area contributed by atoms with E-state index in [0.717, 1.165) is 32.0 Å². The first-order valence-electron chi connectivity index (χ1n) is 5.91. The molecule has 0 aromatic heterocycles. The van der Waals surface area contributed by atoms with E-state index < -0.39 is 0 Å². The largest absolute Gasteiger partial charge is 0.299 e. The highest BCUT2D eigenvalue weighted by Gasteiger charge is 2.19. The summed E-state index contributed by atoms with van der Waals surface area (Å²) in [4.78, 5) is 2.15. The van der Waals surface area contributed by atoms with Crippen molar-refractivity contribution in [1.29, 1.82) is 0 Å². The van der Waals surface area contributed by atoms with Gasteiger partial charge in [0.2, 0.25) is 0 Å². The number of rotatable bonds is 3. The van der Waals surface area contributed by atoms with Gasteiger partial charge in [-0.3, -0.25) is 4.90 Å². The average Bonchev–Trinajstić information content (AvgIpc) is 2.35. The lowest BCUT2D eigenvalue weighted by Crippen LogP contribution is -2.34. The summed E-state index contributed by atoms with van der Waals surface area (Å²) >= 11 is 5.81. The third-order valence-electron chi connectivity index (χ3n) is 3.33. The number of hydrogen-bond acceptors (Lipinski definition) is 1. The van der Waals surface area contributed by atoms with Gasteiger partial charge in [-0.25, -0.2) is 8.78 Å². The number of halogens is 3.